The summed E-state index contributed by atoms with van der Waals surface area (Å²) in [7, 11) is -4.86. The molecule has 4 rings (SSSR count). The SMILES string of the molecule is O=C(CSc1nnc(-c2ccco2)n1C1CCCCC1)Nc1ccccc1S(=O)(=O)C(F)F. The van der Waals surface area contributed by atoms with Crippen LogP contribution in [0.2, 0.25) is 0 Å². The first-order chi connectivity index (χ1) is 15.9. The van der Waals surface area contributed by atoms with E-state index in [-0.39, 0.29) is 17.5 Å². The van der Waals surface area contributed by atoms with Crippen molar-refractivity contribution in [3.05, 3.63) is 42.7 Å². The number of nitrogens with zero attached hydrogens (tertiary/aromatic N) is 3. The Bertz CT molecular complexity index is 1210. The zero-order chi connectivity index (χ0) is 23.4. The number of hydrogen-bond acceptors (Lipinski definition) is 7. The summed E-state index contributed by atoms with van der Waals surface area (Å²) < 4.78 is 57.3. The van der Waals surface area contributed by atoms with Crippen LogP contribution in [0.25, 0.3) is 11.6 Å². The molecule has 8 nitrogen and oxygen atoms in total. The number of furan rings is 1. The van der Waals surface area contributed by atoms with E-state index in [1.165, 1.54) is 24.6 Å². The first kappa shape index (κ1) is 23.4. The summed E-state index contributed by atoms with van der Waals surface area (Å²) in [4.78, 5) is 11.9. The van der Waals surface area contributed by atoms with Crippen molar-refractivity contribution in [2.24, 2.45) is 0 Å². The van der Waals surface area contributed by atoms with Crippen LogP contribution in [0, 0.1) is 0 Å². The van der Waals surface area contributed by atoms with Crippen molar-refractivity contribution < 1.29 is 26.4 Å². The monoisotopic (exact) mass is 496 g/mol. The van der Waals surface area contributed by atoms with Crippen molar-refractivity contribution in [2.45, 2.75) is 54.0 Å². The number of para-hydroxylation sites is 1. The molecular weight excluding hydrogens is 474 g/mol. The molecule has 0 radical (unpaired) electrons. The second kappa shape index (κ2) is 10.0. The summed E-state index contributed by atoms with van der Waals surface area (Å²) in [6.07, 6.45) is 6.82. The molecule has 176 valence electrons. The number of carbonyl (C=O) groups is 1. The molecule has 0 aliphatic heterocycles. The van der Waals surface area contributed by atoms with Crippen LogP contribution in [-0.2, 0) is 14.6 Å². The van der Waals surface area contributed by atoms with Crippen molar-refractivity contribution in [3.63, 3.8) is 0 Å². The summed E-state index contributed by atoms with van der Waals surface area (Å²) in [6, 6.07) is 8.84. The smallest absolute Gasteiger partial charge is 0.341 e. The second-order valence-electron chi connectivity index (χ2n) is 7.58. The predicted molar refractivity (Wildman–Crippen MR) is 119 cm³/mol. The van der Waals surface area contributed by atoms with Gasteiger partial charge in [0, 0.05) is 6.04 Å². The topological polar surface area (TPSA) is 107 Å². The Morgan fingerprint density at radius 3 is 2.61 bits per heavy atom. The van der Waals surface area contributed by atoms with E-state index in [2.05, 4.69) is 15.5 Å². The standard InChI is InChI=1S/C21H22F2N4O4S2/c22-20(23)33(29,30)17-11-5-4-9-15(17)24-18(28)13-32-21-26-25-19(16-10-6-12-31-16)27(21)14-7-2-1-3-8-14/h4-6,9-12,14,20H,1-3,7-8,13H2,(H,24,28). The Balaban J connectivity index is 1.52. The van der Waals surface area contributed by atoms with Crippen LogP contribution in [0.3, 0.4) is 0 Å². The van der Waals surface area contributed by atoms with Crippen molar-refractivity contribution >= 4 is 33.2 Å². The predicted octanol–water partition coefficient (Wildman–Crippen LogP) is 4.77. The highest BCUT2D eigenvalue weighted by Gasteiger charge is 2.30. The van der Waals surface area contributed by atoms with Gasteiger partial charge in [-0.25, -0.2) is 8.42 Å². The molecule has 33 heavy (non-hydrogen) atoms. The van der Waals surface area contributed by atoms with Crippen LogP contribution in [0.1, 0.15) is 38.1 Å². The maximum Gasteiger partial charge on any atom is 0.341 e. The second-order valence-corrected chi connectivity index (χ2v) is 10.4. The number of sulfone groups is 1. The zero-order valence-electron chi connectivity index (χ0n) is 17.5. The Morgan fingerprint density at radius 1 is 1.15 bits per heavy atom. The normalized spacial score (nSPS) is 15.1. The van der Waals surface area contributed by atoms with Gasteiger partial charge in [-0.1, -0.05) is 43.2 Å². The summed E-state index contributed by atoms with van der Waals surface area (Å²) in [5, 5.41) is 11.5. The largest absolute Gasteiger partial charge is 0.461 e. The lowest BCUT2D eigenvalue weighted by molar-refractivity contribution is -0.113. The Kier molecular flexibility index (Phi) is 7.13. The summed E-state index contributed by atoms with van der Waals surface area (Å²) >= 11 is 1.14. The lowest BCUT2D eigenvalue weighted by Gasteiger charge is -2.25. The maximum absolute atomic E-state index is 13.0. The third-order valence-electron chi connectivity index (χ3n) is 5.38. The number of rotatable bonds is 8. The average Bonchev–Trinajstić information content (AvgIpc) is 3.48. The van der Waals surface area contributed by atoms with E-state index in [1.807, 2.05) is 4.57 Å². The number of carbonyl (C=O) groups excluding carboxylic acids is 1. The number of hydrogen-bond donors (Lipinski definition) is 1. The molecule has 1 saturated carbocycles. The minimum absolute atomic E-state index is 0.105. The van der Waals surface area contributed by atoms with Gasteiger partial charge >= 0.3 is 5.76 Å². The number of nitrogens with one attached hydrogen (secondary N) is 1. The van der Waals surface area contributed by atoms with Gasteiger partial charge in [0.05, 0.1) is 22.6 Å². The van der Waals surface area contributed by atoms with E-state index in [9.17, 15) is 22.0 Å². The fourth-order valence-electron chi connectivity index (χ4n) is 3.85. The zero-order valence-corrected chi connectivity index (χ0v) is 19.1. The van der Waals surface area contributed by atoms with E-state index < -0.39 is 26.4 Å². The maximum atomic E-state index is 13.0. The number of amides is 1. The Labute approximate surface area is 193 Å². The molecule has 0 atom stereocenters. The number of aromatic nitrogens is 3. The van der Waals surface area contributed by atoms with Crippen LogP contribution in [0.4, 0.5) is 14.5 Å². The Hall–Kier alpha value is -2.73. The van der Waals surface area contributed by atoms with E-state index >= 15 is 0 Å². The van der Waals surface area contributed by atoms with Gasteiger partial charge in [0.15, 0.2) is 10.9 Å². The van der Waals surface area contributed by atoms with Crippen molar-refractivity contribution in [3.8, 4) is 11.6 Å². The van der Waals surface area contributed by atoms with Crippen LogP contribution in [0.15, 0.2) is 57.1 Å². The molecule has 0 unspecified atom stereocenters. The van der Waals surface area contributed by atoms with Gasteiger partial charge in [-0.2, -0.15) is 8.78 Å². The van der Waals surface area contributed by atoms with Gasteiger partial charge in [-0.15, -0.1) is 10.2 Å². The molecule has 1 N–H and O–H groups in total. The molecule has 1 amide bonds. The van der Waals surface area contributed by atoms with Gasteiger partial charge in [0.2, 0.25) is 21.6 Å². The van der Waals surface area contributed by atoms with Crippen LogP contribution < -0.4 is 5.32 Å². The van der Waals surface area contributed by atoms with E-state index in [4.69, 9.17) is 4.42 Å². The fraction of sp³-hybridized carbons (Fsp3) is 0.381. The minimum atomic E-state index is -4.86. The third kappa shape index (κ3) is 5.11. The molecule has 0 bridgehead atoms. The molecule has 0 spiro atoms. The molecule has 3 aromatic rings. The van der Waals surface area contributed by atoms with E-state index in [0.29, 0.717) is 16.7 Å². The molecule has 2 aromatic heterocycles. The number of anilines is 1. The van der Waals surface area contributed by atoms with Gasteiger partial charge in [-0.05, 0) is 37.1 Å². The quantitative estimate of drug-likeness (QED) is 0.448. The minimum Gasteiger partial charge on any atom is -0.461 e. The number of benzene rings is 1. The molecule has 1 aliphatic carbocycles. The van der Waals surface area contributed by atoms with Crippen molar-refractivity contribution in [1.29, 1.82) is 0 Å². The number of thioether (sulfide) groups is 1. The lowest BCUT2D eigenvalue weighted by Crippen LogP contribution is -2.19. The molecule has 2 heterocycles. The van der Waals surface area contributed by atoms with Crippen LogP contribution in [-0.4, -0.2) is 40.6 Å². The summed E-state index contributed by atoms with van der Waals surface area (Å²) in [5.74, 6) is -3.07. The number of alkyl halides is 2. The highest BCUT2D eigenvalue weighted by atomic mass is 32.2. The third-order valence-corrected chi connectivity index (χ3v) is 7.76. The van der Waals surface area contributed by atoms with Gasteiger partial charge in [0.25, 0.3) is 0 Å². The first-order valence-corrected chi connectivity index (χ1v) is 12.9. The fourth-order valence-corrected chi connectivity index (χ4v) is 5.54. The molecule has 1 fully saturated rings. The number of halogens is 2. The molecular formula is C21H22F2N4O4S2. The molecule has 1 aromatic carbocycles. The highest BCUT2D eigenvalue weighted by molar-refractivity contribution is 7.99. The first-order valence-electron chi connectivity index (χ1n) is 10.4. The average molecular weight is 497 g/mol. The van der Waals surface area contributed by atoms with Crippen molar-refractivity contribution in [2.75, 3.05) is 11.1 Å². The molecule has 12 heteroatoms. The van der Waals surface area contributed by atoms with Crippen LogP contribution in [0.5, 0.6) is 0 Å². The lowest BCUT2D eigenvalue weighted by atomic mass is 9.95. The van der Waals surface area contributed by atoms with Gasteiger partial charge in [-0.3, -0.25) is 9.36 Å². The highest BCUT2D eigenvalue weighted by Crippen LogP contribution is 2.36. The van der Waals surface area contributed by atoms with Gasteiger partial charge < -0.3 is 9.73 Å². The summed E-state index contributed by atoms with van der Waals surface area (Å²) in [6.45, 7) is 0. The van der Waals surface area contributed by atoms with E-state index in [1.54, 1.807) is 18.4 Å². The van der Waals surface area contributed by atoms with Crippen LogP contribution >= 0.6 is 11.8 Å². The van der Waals surface area contributed by atoms with Crippen molar-refractivity contribution in [1.82, 2.24) is 14.8 Å². The summed E-state index contributed by atoms with van der Waals surface area (Å²) in [5.41, 5.74) is -0.187. The van der Waals surface area contributed by atoms with Gasteiger partial charge in [0.1, 0.15) is 0 Å². The Morgan fingerprint density at radius 2 is 1.91 bits per heavy atom. The molecule has 0 saturated heterocycles. The van der Waals surface area contributed by atoms with E-state index in [0.717, 1.165) is 43.5 Å². The molecule has 1 aliphatic rings.